The largest absolute Gasteiger partial charge is 0.481 e. The molecule has 3 rings (SSSR count). The quantitative estimate of drug-likeness (QED) is 0.858. The Morgan fingerprint density at radius 1 is 1.32 bits per heavy atom. The van der Waals surface area contributed by atoms with Crippen LogP contribution in [0.25, 0.3) is 0 Å². The van der Waals surface area contributed by atoms with Gasteiger partial charge < -0.3 is 20.1 Å². The van der Waals surface area contributed by atoms with Crippen LogP contribution in [-0.4, -0.2) is 54.9 Å². The molecule has 2 aliphatic rings. The molecule has 2 heterocycles. The van der Waals surface area contributed by atoms with Crippen molar-refractivity contribution in [1.82, 2.24) is 10.2 Å². The van der Waals surface area contributed by atoms with Crippen LogP contribution in [0, 0.1) is 5.92 Å². The monoisotopic (exact) mass is 366 g/mol. The first-order chi connectivity index (χ1) is 12.0. The zero-order valence-corrected chi connectivity index (χ0v) is 14.8. The Bertz CT molecular complexity index is 646. The van der Waals surface area contributed by atoms with Crippen molar-refractivity contribution in [3.63, 3.8) is 0 Å². The smallest absolute Gasteiger partial charge is 0.317 e. The first-order valence-corrected chi connectivity index (χ1v) is 8.98. The van der Waals surface area contributed by atoms with Gasteiger partial charge in [0.2, 0.25) is 0 Å². The molecule has 2 amide bonds. The average molecular weight is 367 g/mol. The van der Waals surface area contributed by atoms with Crippen LogP contribution in [-0.2, 0) is 14.9 Å². The van der Waals surface area contributed by atoms with Gasteiger partial charge in [-0.05, 0) is 30.9 Å². The molecule has 136 valence electrons. The van der Waals surface area contributed by atoms with E-state index in [0.29, 0.717) is 37.7 Å². The fraction of sp³-hybridized carbons (Fsp3) is 0.556. The van der Waals surface area contributed by atoms with Crippen molar-refractivity contribution in [3.8, 4) is 0 Å². The first-order valence-electron chi connectivity index (χ1n) is 8.60. The lowest BCUT2D eigenvalue weighted by Gasteiger charge is -2.38. The van der Waals surface area contributed by atoms with E-state index in [9.17, 15) is 9.59 Å². The molecule has 1 unspecified atom stereocenters. The number of benzene rings is 1. The van der Waals surface area contributed by atoms with Gasteiger partial charge in [0.25, 0.3) is 0 Å². The van der Waals surface area contributed by atoms with Crippen molar-refractivity contribution in [3.05, 3.63) is 34.9 Å². The predicted octanol–water partition coefficient (Wildman–Crippen LogP) is 2.50. The van der Waals surface area contributed by atoms with E-state index < -0.39 is 11.9 Å². The summed E-state index contributed by atoms with van der Waals surface area (Å²) in [5, 5.41) is 12.8. The molecule has 7 heteroatoms. The number of aliphatic carboxylic acids is 1. The molecule has 25 heavy (non-hydrogen) atoms. The number of nitrogens with zero attached hydrogens (tertiary/aromatic N) is 1. The summed E-state index contributed by atoms with van der Waals surface area (Å²) < 4.78 is 5.50. The molecule has 6 nitrogen and oxygen atoms in total. The highest BCUT2D eigenvalue weighted by atomic mass is 35.5. The Morgan fingerprint density at radius 3 is 2.68 bits per heavy atom. The SMILES string of the molecule is O=C(O)C1CCN(C(=O)NCC2(c3ccccc3Cl)CCOCC2)C1. The van der Waals surface area contributed by atoms with E-state index in [-0.39, 0.29) is 18.0 Å². The number of ether oxygens (including phenoxy) is 1. The van der Waals surface area contributed by atoms with Crippen LogP contribution >= 0.6 is 11.6 Å². The third-order valence-corrected chi connectivity index (χ3v) is 5.63. The van der Waals surface area contributed by atoms with Gasteiger partial charge in [0.05, 0.1) is 5.92 Å². The molecule has 0 aromatic heterocycles. The van der Waals surface area contributed by atoms with Gasteiger partial charge in [0, 0.05) is 43.3 Å². The van der Waals surface area contributed by atoms with E-state index in [1.54, 1.807) is 4.90 Å². The third-order valence-electron chi connectivity index (χ3n) is 5.30. The molecular weight excluding hydrogens is 344 g/mol. The van der Waals surface area contributed by atoms with Gasteiger partial charge in [-0.3, -0.25) is 4.79 Å². The molecule has 2 aliphatic heterocycles. The molecule has 1 atom stereocenters. The number of urea groups is 1. The Balaban J connectivity index is 1.69. The first kappa shape index (κ1) is 18.0. The number of carboxylic acids is 1. The zero-order chi connectivity index (χ0) is 17.9. The fourth-order valence-corrected chi connectivity index (χ4v) is 4.03. The second kappa shape index (κ2) is 7.62. The van der Waals surface area contributed by atoms with E-state index in [1.165, 1.54) is 0 Å². The summed E-state index contributed by atoms with van der Waals surface area (Å²) in [6, 6.07) is 7.53. The molecule has 1 aromatic rings. The van der Waals surface area contributed by atoms with Gasteiger partial charge in [-0.25, -0.2) is 4.79 Å². The number of carbonyl (C=O) groups is 2. The molecule has 0 saturated carbocycles. The highest BCUT2D eigenvalue weighted by molar-refractivity contribution is 6.31. The average Bonchev–Trinajstić information content (AvgIpc) is 3.11. The molecule has 0 aliphatic carbocycles. The Hall–Kier alpha value is -1.79. The van der Waals surface area contributed by atoms with E-state index in [2.05, 4.69) is 5.32 Å². The summed E-state index contributed by atoms with van der Waals surface area (Å²) in [6.45, 7) is 2.47. The fourth-order valence-electron chi connectivity index (χ4n) is 3.70. The summed E-state index contributed by atoms with van der Waals surface area (Å²) in [5.41, 5.74) is 0.781. The van der Waals surface area contributed by atoms with Crippen molar-refractivity contribution < 1.29 is 19.4 Å². The Morgan fingerprint density at radius 2 is 2.04 bits per heavy atom. The molecule has 2 fully saturated rings. The second-order valence-electron chi connectivity index (χ2n) is 6.80. The highest BCUT2D eigenvalue weighted by Gasteiger charge is 2.37. The zero-order valence-electron chi connectivity index (χ0n) is 14.0. The normalized spacial score (nSPS) is 22.6. The molecule has 0 radical (unpaired) electrons. The number of halogens is 1. The minimum absolute atomic E-state index is 0.207. The van der Waals surface area contributed by atoms with E-state index >= 15 is 0 Å². The number of nitrogens with one attached hydrogen (secondary N) is 1. The topological polar surface area (TPSA) is 78.9 Å². The number of amides is 2. The van der Waals surface area contributed by atoms with Gasteiger partial charge >= 0.3 is 12.0 Å². The van der Waals surface area contributed by atoms with Crippen LogP contribution in [0.15, 0.2) is 24.3 Å². The molecule has 0 bridgehead atoms. The maximum absolute atomic E-state index is 12.5. The number of rotatable bonds is 4. The van der Waals surface area contributed by atoms with E-state index in [1.807, 2.05) is 24.3 Å². The molecule has 2 saturated heterocycles. The summed E-state index contributed by atoms with van der Waals surface area (Å²) in [7, 11) is 0. The second-order valence-corrected chi connectivity index (χ2v) is 7.21. The Labute approximate surface area is 152 Å². The van der Waals surface area contributed by atoms with Gasteiger partial charge in [0.15, 0.2) is 0 Å². The van der Waals surface area contributed by atoms with Crippen LogP contribution in [0.3, 0.4) is 0 Å². The number of hydrogen-bond donors (Lipinski definition) is 2. The Kier molecular flexibility index (Phi) is 5.49. The standard InChI is InChI=1S/C18H23ClN2O4/c19-15-4-2-1-3-14(15)18(6-9-25-10-7-18)12-20-17(24)21-8-5-13(11-21)16(22)23/h1-4,13H,5-12H2,(H,20,24)(H,22,23). The maximum atomic E-state index is 12.5. The minimum Gasteiger partial charge on any atom is -0.481 e. The summed E-state index contributed by atoms with van der Waals surface area (Å²) in [5.74, 6) is -1.31. The van der Waals surface area contributed by atoms with Crippen molar-refractivity contribution in [1.29, 1.82) is 0 Å². The van der Waals surface area contributed by atoms with Gasteiger partial charge in [0.1, 0.15) is 0 Å². The van der Waals surface area contributed by atoms with Crippen molar-refractivity contribution in [2.45, 2.75) is 24.7 Å². The van der Waals surface area contributed by atoms with Crippen LogP contribution in [0.4, 0.5) is 4.79 Å². The molecule has 0 spiro atoms. The summed E-state index contributed by atoms with van der Waals surface area (Å²) in [4.78, 5) is 25.1. The summed E-state index contributed by atoms with van der Waals surface area (Å²) in [6.07, 6.45) is 2.08. The molecule has 1 aromatic carbocycles. The number of carbonyl (C=O) groups excluding carboxylic acids is 1. The van der Waals surface area contributed by atoms with Gasteiger partial charge in [-0.2, -0.15) is 0 Å². The van der Waals surface area contributed by atoms with Gasteiger partial charge in [-0.15, -0.1) is 0 Å². The van der Waals surface area contributed by atoms with Crippen molar-refractivity contribution >= 4 is 23.6 Å². The highest BCUT2D eigenvalue weighted by Crippen LogP contribution is 2.38. The van der Waals surface area contributed by atoms with Crippen LogP contribution < -0.4 is 5.32 Å². The van der Waals surface area contributed by atoms with E-state index in [0.717, 1.165) is 18.4 Å². The van der Waals surface area contributed by atoms with Crippen LogP contribution in [0.1, 0.15) is 24.8 Å². The number of carboxylic acid groups (broad SMARTS) is 1. The van der Waals surface area contributed by atoms with Gasteiger partial charge in [-0.1, -0.05) is 29.8 Å². The lowest BCUT2D eigenvalue weighted by Crippen LogP contribution is -2.48. The summed E-state index contributed by atoms with van der Waals surface area (Å²) >= 11 is 6.41. The third kappa shape index (κ3) is 3.90. The van der Waals surface area contributed by atoms with E-state index in [4.69, 9.17) is 21.4 Å². The van der Waals surface area contributed by atoms with Crippen molar-refractivity contribution in [2.24, 2.45) is 5.92 Å². The van der Waals surface area contributed by atoms with Crippen molar-refractivity contribution in [2.75, 3.05) is 32.8 Å². The predicted molar refractivity (Wildman–Crippen MR) is 93.9 cm³/mol. The van der Waals surface area contributed by atoms with Crippen LogP contribution in [0.2, 0.25) is 5.02 Å². The minimum atomic E-state index is -0.840. The maximum Gasteiger partial charge on any atom is 0.317 e. The molecular formula is C18H23ClN2O4. The van der Waals surface area contributed by atoms with Crippen LogP contribution in [0.5, 0.6) is 0 Å². The number of hydrogen-bond acceptors (Lipinski definition) is 3. The lowest BCUT2D eigenvalue weighted by atomic mass is 9.74. The lowest BCUT2D eigenvalue weighted by molar-refractivity contribution is -0.141. The molecule has 2 N–H and O–H groups in total. The number of likely N-dealkylation sites (tertiary alicyclic amines) is 1.